The van der Waals surface area contributed by atoms with Gasteiger partial charge < -0.3 is 5.32 Å². The highest BCUT2D eigenvalue weighted by molar-refractivity contribution is 6.48. The van der Waals surface area contributed by atoms with Gasteiger partial charge in [-0.15, -0.1) is 0 Å². The van der Waals surface area contributed by atoms with Crippen LogP contribution in [0.25, 0.3) is 0 Å². The summed E-state index contributed by atoms with van der Waals surface area (Å²) in [7, 11) is 0. The summed E-state index contributed by atoms with van der Waals surface area (Å²) in [5.74, 6) is 1.89. The first kappa shape index (κ1) is 16.4. The van der Waals surface area contributed by atoms with Crippen LogP contribution in [0.1, 0.15) is 26.3 Å². The largest absolute Gasteiger partial charge is 0.362 e. The zero-order valence-electron chi connectivity index (χ0n) is 13.9. The summed E-state index contributed by atoms with van der Waals surface area (Å²) in [6.45, 7) is 6.24. The third-order valence-corrected chi connectivity index (χ3v) is 3.48. The lowest BCUT2D eigenvalue weighted by atomic mass is 10.1. The quantitative estimate of drug-likeness (QED) is 0.853. The van der Waals surface area contributed by atoms with Crippen LogP contribution in [0.2, 0.25) is 5.02 Å². The molecule has 4 nitrogen and oxygen atoms in total. The Labute approximate surface area is 147 Å². The Morgan fingerprint density at radius 1 is 0.917 bits per heavy atom. The Hall–Kier alpha value is -2.46. The van der Waals surface area contributed by atoms with Crippen molar-refractivity contribution in [1.29, 1.82) is 0 Å². The smallest absolute Gasteiger partial charge is 0.198 e. The second-order valence-corrected chi connectivity index (χ2v) is 6.99. The minimum atomic E-state index is -0.138. The number of nitrogens with one attached hydrogen (secondary N) is 1. The fourth-order valence-electron chi connectivity index (χ4n) is 2.20. The zero-order chi connectivity index (χ0) is 17.2. The molecule has 0 aromatic heterocycles. The van der Waals surface area contributed by atoms with E-state index in [2.05, 4.69) is 41.1 Å². The second kappa shape index (κ2) is 6.57. The third-order valence-electron chi connectivity index (χ3n) is 3.23. The van der Waals surface area contributed by atoms with Crippen LogP contribution < -0.4 is 5.32 Å². The third kappa shape index (κ3) is 4.09. The number of amidine groups is 3. The first-order chi connectivity index (χ1) is 11.4. The fraction of sp³-hybridized carbons (Fsp3) is 0.211. The topological polar surface area (TPSA) is 49.1 Å². The van der Waals surface area contributed by atoms with Crippen LogP contribution in [0.4, 0.5) is 5.69 Å². The molecule has 0 spiro atoms. The SMILES string of the molecule is CC(C)(C)NC1=NC(c2ccc(Cl)cc2)=N/C1=N\c1ccccc1. The number of benzene rings is 2. The number of halogens is 1. The molecular formula is C19H19ClN4. The van der Waals surface area contributed by atoms with Crippen molar-refractivity contribution in [3.05, 3.63) is 65.2 Å². The molecule has 0 unspecified atom stereocenters. The van der Waals surface area contributed by atoms with Gasteiger partial charge in [-0.1, -0.05) is 29.8 Å². The summed E-state index contributed by atoms with van der Waals surface area (Å²) in [6.07, 6.45) is 0. The molecule has 0 radical (unpaired) electrons. The molecule has 0 amide bonds. The molecule has 0 aliphatic carbocycles. The molecule has 24 heavy (non-hydrogen) atoms. The van der Waals surface area contributed by atoms with Crippen LogP contribution in [-0.4, -0.2) is 23.0 Å². The summed E-state index contributed by atoms with van der Waals surface area (Å²) in [6, 6.07) is 17.2. The zero-order valence-corrected chi connectivity index (χ0v) is 14.7. The van der Waals surface area contributed by atoms with Gasteiger partial charge in [-0.3, -0.25) is 0 Å². The van der Waals surface area contributed by atoms with Crippen molar-refractivity contribution in [2.24, 2.45) is 15.0 Å². The lowest BCUT2D eigenvalue weighted by Gasteiger charge is -2.21. The molecular weight excluding hydrogens is 320 g/mol. The van der Waals surface area contributed by atoms with Gasteiger partial charge in [-0.05, 0) is 57.2 Å². The highest BCUT2D eigenvalue weighted by atomic mass is 35.5. The van der Waals surface area contributed by atoms with Crippen molar-refractivity contribution < 1.29 is 0 Å². The van der Waals surface area contributed by atoms with Gasteiger partial charge in [0.25, 0.3) is 0 Å². The van der Waals surface area contributed by atoms with E-state index >= 15 is 0 Å². The fourth-order valence-corrected chi connectivity index (χ4v) is 2.33. The van der Waals surface area contributed by atoms with Crippen LogP contribution in [0.3, 0.4) is 0 Å². The Bertz CT molecular complexity index is 813. The van der Waals surface area contributed by atoms with E-state index in [0.717, 1.165) is 11.3 Å². The first-order valence-electron chi connectivity index (χ1n) is 7.76. The molecule has 122 valence electrons. The normalized spacial score (nSPS) is 16.1. The number of rotatable bonds is 2. The maximum atomic E-state index is 5.96. The maximum absolute atomic E-state index is 5.96. The average molecular weight is 339 g/mol. The number of hydrogen-bond donors (Lipinski definition) is 1. The molecule has 0 saturated heterocycles. The van der Waals surface area contributed by atoms with E-state index in [1.54, 1.807) is 0 Å². The van der Waals surface area contributed by atoms with Gasteiger partial charge in [-0.25, -0.2) is 15.0 Å². The number of nitrogens with zero attached hydrogens (tertiary/aromatic N) is 3. The molecule has 0 atom stereocenters. The molecule has 1 heterocycles. The van der Waals surface area contributed by atoms with Crippen molar-refractivity contribution in [3.8, 4) is 0 Å². The summed E-state index contributed by atoms with van der Waals surface area (Å²) in [5, 5.41) is 4.07. The summed E-state index contributed by atoms with van der Waals surface area (Å²) >= 11 is 5.96. The van der Waals surface area contributed by atoms with Gasteiger partial charge in [0.15, 0.2) is 17.5 Å². The molecule has 0 bridgehead atoms. The number of para-hydroxylation sites is 1. The molecule has 2 aromatic carbocycles. The molecule has 1 N–H and O–H groups in total. The monoisotopic (exact) mass is 338 g/mol. The van der Waals surface area contributed by atoms with E-state index in [-0.39, 0.29) is 5.54 Å². The minimum Gasteiger partial charge on any atom is -0.362 e. The Balaban J connectivity index is 1.99. The van der Waals surface area contributed by atoms with Crippen LogP contribution in [-0.2, 0) is 0 Å². The molecule has 3 rings (SSSR count). The van der Waals surface area contributed by atoms with Gasteiger partial charge in [-0.2, -0.15) is 0 Å². The van der Waals surface area contributed by atoms with Gasteiger partial charge in [0.05, 0.1) is 5.69 Å². The lowest BCUT2D eigenvalue weighted by molar-refractivity contribution is 0.514. The highest BCUT2D eigenvalue weighted by Crippen LogP contribution is 2.17. The number of hydrogen-bond acceptors (Lipinski definition) is 3. The van der Waals surface area contributed by atoms with Gasteiger partial charge >= 0.3 is 0 Å². The molecule has 0 fully saturated rings. The van der Waals surface area contributed by atoms with Gasteiger partial charge in [0.2, 0.25) is 0 Å². The predicted molar refractivity (Wildman–Crippen MR) is 102 cm³/mol. The lowest BCUT2D eigenvalue weighted by Crippen LogP contribution is -2.43. The molecule has 0 saturated carbocycles. The molecule has 1 aliphatic rings. The van der Waals surface area contributed by atoms with Gasteiger partial charge in [0, 0.05) is 16.1 Å². The first-order valence-corrected chi connectivity index (χ1v) is 8.14. The van der Waals surface area contributed by atoms with Crippen molar-refractivity contribution in [2.45, 2.75) is 26.3 Å². The van der Waals surface area contributed by atoms with Crippen molar-refractivity contribution >= 4 is 34.8 Å². The van der Waals surface area contributed by atoms with Crippen LogP contribution >= 0.6 is 11.6 Å². The van der Waals surface area contributed by atoms with E-state index in [1.807, 2.05) is 54.6 Å². The summed E-state index contributed by atoms with van der Waals surface area (Å²) in [5.41, 5.74) is 1.62. The predicted octanol–water partition coefficient (Wildman–Crippen LogP) is 4.62. The van der Waals surface area contributed by atoms with Crippen LogP contribution in [0.15, 0.2) is 69.6 Å². The van der Waals surface area contributed by atoms with E-state index in [0.29, 0.717) is 22.5 Å². The van der Waals surface area contributed by atoms with Crippen LogP contribution in [0, 0.1) is 0 Å². The van der Waals surface area contributed by atoms with E-state index in [4.69, 9.17) is 11.6 Å². The molecule has 5 heteroatoms. The van der Waals surface area contributed by atoms with E-state index < -0.39 is 0 Å². The Kier molecular flexibility index (Phi) is 4.49. The van der Waals surface area contributed by atoms with Crippen molar-refractivity contribution in [1.82, 2.24) is 5.32 Å². The standard InChI is InChI=1S/C19H19ClN4/c1-19(2,3)24-18-17(21-15-7-5-4-6-8-15)22-16(23-18)13-9-11-14(20)12-10-13/h4-12H,1-3H3,(H,21,22,23,24). The minimum absolute atomic E-state index is 0.138. The van der Waals surface area contributed by atoms with Crippen molar-refractivity contribution in [3.63, 3.8) is 0 Å². The Morgan fingerprint density at radius 2 is 1.58 bits per heavy atom. The summed E-state index contributed by atoms with van der Waals surface area (Å²) in [4.78, 5) is 13.9. The maximum Gasteiger partial charge on any atom is 0.198 e. The highest BCUT2D eigenvalue weighted by Gasteiger charge is 2.23. The number of aliphatic imine (C=N–C) groups is 3. The van der Waals surface area contributed by atoms with E-state index in [1.165, 1.54) is 0 Å². The Morgan fingerprint density at radius 3 is 2.21 bits per heavy atom. The van der Waals surface area contributed by atoms with Crippen molar-refractivity contribution in [2.75, 3.05) is 0 Å². The average Bonchev–Trinajstić information content (AvgIpc) is 2.90. The molecule has 1 aliphatic heterocycles. The summed E-state index contributed by atoms with van der Waals surface area (Å²) < 4.78 is 0. The van der Waals surface area contributed by atoms with Gasteiger partial charge in [0.1, 0.15) is 0 Å². The molecule has 2 aromatic rings. The van der Waals surface area contributed by atoms with Crippen LogP contribution in [0.5, 0.6) is 0 Å². The van der Waals surface area contributed by atoms with E-state index in [9.17, 15) is 0 Å². The second-order valence-electron chi connectivity index (χ2n) is 6.55.